The van der Waals surface area contributed by atoms with Crippen molar-refractivity contribution in [3.63, 3.8) is 0 Å². The highest BCUT2D eigenvalue weighted by atomic mass is 35.5. The molecule has 0 aliphatic rings. The molecule has 16 heavy (non-hydrogen) atoms. The van der Waals surface area contributed by atoms with Gasteiger partial charge in [-0.25, -0.2) is 9.37 Å². The number of nitrogens with zero attached hydrogens (tertiary/aromatic N) is 2. The SMILES string of the molecule is Cn1cnc(C=O)c1-c1ccc(F)c(Cl)c1. The number of hydrogen-bond acceptors (Lipinski definition) is 2. The molecule has 0 amide bonds. The van der Waals surface area contributed by atoms with Crippen LogP contribution in [0, 0.1) is 5.82 Å². The third kappa shape index (κ3) is 1.72. The molecule has 82 valence electrons. The fraction of sp³-hybridized carbons (Fsp3) is 0.0909. The number of hydrogen-bond donors (Lipinski definition) is 0. The van der Waals surface area contributed by atoms with Crippen molar-refractivity contribution in [2.75, 3.05) is 0 Å². The summed E-state index contributed by atoms with van der Waals surface area (Å²) in [4.78, 5) is 14.7. The van der Waals surface area contributed by atoms with Gasteiger partial charge >= 0.3 is 0 Å². The molecule has 0 bridgehead atoms. The van der Waals surface area contributed by atoms with Gasteiger partial charge in [0.15, 0.2) is 6.29 Å². The minimum Gasteiger partial charge on any atom is -0.333 e. The van der Waals surface area contributed by atoms with Crippen LogP contribution in [0.15, 0.2) is 24.5 Å². The Morgan fingerprint density at radius 1 is 1.50 bits per heavy atom. The fourth-order valence-corrected chi connectivity index (χ4v) is 1.71. The van der Waals surface area contributed by atoms with E-state index in [2.05, 4.69) is 4.98 Å². The van der Waals surface area contributed by atoms with Gasteiger partial charge < -0.3 is 4.57 Å². The van der Waals surface area contributed by atoms with Gasteiger partial charge in [-0.1, -0.05) is 11.6 Å². The first kappa shape index (κ1) is 10.8. The third-order valence-electron chi connectivity index (χ3n) is 2.27. The zero-order chi connectivity index (χ0) is 11.7. The summed E-state index contributed by atoms with van der Waals surface area (Å²) in [6, 6.07) is 4.30. The van der Waals surface area contributed by atoms with Gasteiger partial charge in [0, 0.05) is 12.6 Å². The molecule has 2 aromatic rings. The van der Waals surface area contributed by atoms with Gasteiger partial charge in [-0.2, -0.15) is 0 Å². The number of halogens is 2. The second-order valence-electron chi connectivity index (χ2n) is 3.34. The highest BCUT2D eigenvalue weighted by Crippen LogP contribution is 2.26. The van der Waals surface area contributed by atoms with Crippen molar-refractivity contribution in [2.24, 2.45) is 7.05 Å². The van der Waals surface area contributed by atoms with E-state index in [9.17, 15) is 9.18 Å². The molecule has 5 heteroatoms. The lowest BCUT2D eigenvalue weighted by molar-refractivity contribution is 0.112. The van der Waals surface area contributed by atoms with Crippen LogP contribution in [-0.2, 0) is 7.05 Å². The van der Waals surface area contributed by atoms with E-state index in [1.807, 2.05) is 0 Å². The minimum absolute atomic E-state index is 0.0237. The molecule has 0 saturated carbocycles. The zero-order valence-electron chi connectivity index (χ0n) is 8.45. The van der Waals surface area contributed by atoms with Gasteiger partial charge in [0.1, 0.15) is 11.5 Å². The molecule has 0 fully saturated rings. The number of rotatable bonds is 2. The van der Waals surface area contributed by atoms with Crippen molar-refractivity contribution >= 4 is 17.9 Å². The van der Waals surface area contributed by atoms with E-state index in [-0.39, 0.29) is 5.02 Å². The molecule has 0 aliphatic carbocycles. The van der Waals surface area contributed by atoms with E-state index in [0.717, 1.165) is 0 Å². The van der Waals surface area contributed by atoms with Gasteiger partial charge in [0.25, 0.3) is 0 Å². The van der Waals surface area contributed by atoms with Gasteiger partial charge in [0.2, 0.25) is 0 Å². The summed E-state index contributed by atoms with van der Waals surface area (Å²) in [7, 11) is 1.76. The largest absolute Gasteiger partial charge is 0.333 e. The van der Waals surface area contributed by atoms with Gasteiger partial charge in [-0.05, 0) is 18.2 Å². The van der Waals surface area contributed by atoms with E-state index in [0.29, 0.717) is 23.2 Å². The first-order valence-electron chi connectivity index (χ1n) is 4.55. The summed E-state index contributed by atoms with van der Waals surface area (Å²) in [5, 5.41) is 0.0237. The molecule has 0 N–H and O–H groups in total. The summed E-state index contributed by atoms with van der Waals surface area (Å²) in [5.74, 6) is -0.486. The Morgan fingerprint density at radius 3 is 2.88 bits per heavy atom. The van der Waals surface area contributed by atoms with Crippen LogP contribution in [0.3, 0.4) is 0 Å². The van der Waals surface area contributed by atoms with Gasteiger partial charge in [-0.3, -0.25) is 4.79 Å². The molecule has 1 aromatic carbocycles. The lowest BCUT2D eigenvalue weighted by atomic mass is 10.1. The molecule has 0 spiro atoms. The van der Waals surface area contributed by atoms with Crippen molar-refractivity contribution in [3.05, 3.63) is 41.1 Å². The van der Waals surface area contributed by atoms with Crippen LogP contribution < -0.4 is 0 Å². The maximum absolute atomic E-state index is 13.0. The smallest absolute Gasteiger partial charge is 0.170 e. The monoisotopic (exact) mass is 238 g/mol. The Labute approximate surface area is 96.5 Å². The van der Waals surface area contributed by atoms with Crippen LogP contribution in [-0.4, -0.2) is 15.8 Å². The quantitative estimate of drug-likeness (QED) is 0.754. The van der Waals surface area contributed by atoms with E-state index >= 15 is 0 Å². The summed E-state index contributed by atoms with van der Waals surface area (Å²) in [5.41, 5.74) is 1.59. The Hall–Kier alpha value is -1.68. The summed E-state index contributed by atoms with van der Waals surface area (Å²) in [6.07, 6.45) is 2.18. The second kappa shape index (κ2) is 4.06. The van der Waals surface area contributed by atoms with Crippen LogP contribution >= 0.6 is 11.6 Å². The Morgan fingerprint density at radius 2 is 2.25 bits per heavy atom. The lowest BCUT2D eigenvalue weighted by Crippen LogP contribution is -1.93. The number of benzene rings is 1. The second-order valence-corrected chi connectivity index (χ2v) is 3.74. The zero-order valence-corrected chi connectivity index (χ0v) is 9.20. The fourth-order valence-electron chi connectivity index (χ4n) is 1.53. The van der Waals surface area contributed by atoms with Crippen molar-refractivity contribution in [2.45, 2.75) is 0 Å². The Balaban J connectivity index is 2.62. The third-order valence-corrected chi connectivity index (χ3v) is 2.56. The standard InChI is InChI=1S/C11H8ClFN2O/c1-15-6-14-10(5-16)11(15)7-2-3-9(13)8(12)4-7/h2-6H,1H3. The molecule has 1 aromatic heterocycles. The number of aryl methyl sites for hydroxylation is 1. The molecular formula is C11H8ClFN2O. The Kier molecular flexibility index (Phi) is 2.75. The molecule has 3 nitrogen and oxygen atoms in total. The summed E-state index contributed by atoms with van der Waals surface area (Å²) < 4.78 is 14.7. The number of carbonyl (C=O) groups is 1. The average Bonchev–Trinajstić information content (AvgIpc) is 2.64. The van der Waals surface area contributed by atoms with E-state index in [1.54, 1.807) is 17.7 Å². The van der Waals surface area contributed by atoms with Crippen LogP contribution in [0.25, 0.3) is 11.3 Å². The minimum atomic E-state index is -0.486. The maximum atomic E-state index is 13.0. The predicted octanol–water partition coefficient (Wildman–Crippen LogP) is 2.69. The highest BCUT2D eigenvalue weighted by Gasteiger charge is 2.11. The van der Waals surface area contributed by atoms with Crippen molar-refractivity contribution < 1.29 is 9.18 Å². The number of carbonyl (C=O) groups excluding carboxylic acids is 1. The van der Waals surface area contributed by atoms with Crippen LogP contribution in [0.1, 0.15) is 10.5 Å². The summed E-state index contributed by atoms with van der Waals surface area (Å²) >= 11 is 5.69. The van der Waals surface area contributed by atoms with Crippen molar-refractivity contribution in [1.29, 1.82) is 0 Å². The molecule has 2 rings (SSSR count). The normalized spacial score (nSPS) is 10.4. The van der Waals surface area contributed by atoms with E-state index in [1.165, 1.54) is 18.5 Å². The first-order valence-corrected chi connectivity index (χ1v) is 4.93. The molecule has 0 radical (unpaired) electrons. The molecular weight excluding hydrogens is 231 g/mol. The van der Waals surface area contributed by atoms with Gasteiger partial charge in [0.05, 0.1) is 17.0 Å². The topological polar surface area (TPSA) is 34.9 Å². The molecule has 0 unspecified atom stereocenters. The van der Waals surface area contributed by atoms with Crippen molar-refractivity contribution in [1.82, 2.24) is 9.55 Å². The average molecular weight is 239 g/mol. The van der Waals surface area contributed by atoms with Crippen molar-refractivity contribution in [3.8, 4) is 11.3 Å². The van der Waals surface area contributed by atoms with E-state index in [4.69, 9.17) is 11.6 Å². The number of aromatic nitrogens is 2. The van der Waals surface area contributed by atoms with Crippen LogP contribution in [0.2, 0.25) is 5.02 Å². The van der Waals surface area contributed by atoms with Crippen LogP contribution in [0.5, 0.6) is 0 Å². The van der Waals surface area contributed by atoms with E-state index < -0.39 is 5.82 Å². The summed E-state index contributed by atoms with van der Waals surface area (Å²) in [6.45, 7) is 0. The molecule has 0 aliphatic heterocycles. The molecule has 0 atom stereocenters. The molecule has 0 saturated heterocycles. The number of imidazole rings is 1. The number of aldehydes is 1. The van der Waals surface area contributed by atoms with Crippen LogP contribution in [0.4, 0.5) is 4.39 Å². The predicted molar refractivity (Wildman–Crippen MR) is 59.0 cm³/mol. The maximum Gasteiger partial charge on any atom is 0.170 e. The Bertz CT molecular complexity index is 551. The lowest BCUT2D eigenvalue weighted by Gasteiger charge is -2.04. The molecule has 1 heterocycles. The van der Waals surface area contributed by atoms with Gasteiger partial charge in [-0.15, -0.1) is 0 Å². The highest BCUT2D eigenvalue weighted by molar-refractivity contribution is 6.31. The first-order chi connectivity index (χ1) is 7.63.